The summed E-state index contributed by atoms with van der Waals surface area (Å²) in [5.41, 5.74) is 1.18. The third-order valence-corrected chi connectivity index (χ3v) is 2.59. The van der Waals surface area contributed by atoms with Gasteiger partial charge >= 0.3 is 0 Å². The lowest BCUT2D eigenvalue weighted by Crippen LogP contribution is -2.22. The molecule has 0 bridgehead atoms. The van der Waals surface area contributed by atoms with Crippen LogP contribution in [0.1, 0.15) is 5.56 Å². The van der Waals surface area contributed by atoms with Crippen molar-refractivity contribution in [2.45, 2.75) is 12.5 Å². The summed E-state index contributed by atoms with van der Waals surface area (Å²) >= 11 is 0. The summed E-state index contributed by atoms with van der Waals surface area (Å²) in [6, 6.07) is 9.89. The number of nitrogens with zero attached hydrogens (tertiary/aromatic N) is 1. The highest BCUT2D eigenvalue weighted by atomic mass is 31.1. The molecule has 4 heteroatoms. The molecule has 0 aliphatic rings. The van der Waals surface area contributed by atoms with Gasteiger partial charge in [0.1, 0.15) is 6.29 Å². The number of carbonyl (C=O) groups excluding carboxylic acids is 1. The van der Waals surface area contributed by atoms with Crippen LogP contribution in [0.2, 0.25) is 0 Å². The summed E-state index contributed by atoms with van der Waals surface area (Å²) in [5.74, 6) is 0. The number of hydrogen-bond donors (Lipinski definition) is 0. The average molecular weight is 213 g/mol. The molecule has 2 nitrogen and oxygen atoms in total. The summed E-state index contributed by atoms with van der Waals surface area (Å²) in [4.78, 5) is 10.7. The van der Waals surface area contributed by atoms with Gasteiger partial charge in [0.25, 0.3) is 0 Å². The number of hydrogen-bond acceptors (Lipinski definition) is 2. The fourth-order valence-corrected chi connectivity index (χ4v) is 1.43. The van der Waals surface area contributed by atoms with Crippen molar-refractivity contribution in [3.8, 4) is 0 Å². The molecule has 2 unspecified atom stereocenters. The number of benzene rings is 1. The van der Waals surface area contributed by atoms with E-state index in [1.165, 1.54) is 5.56 Å². The zero-order valence-corrected chi connectivity index (χ0v) is 9.57. The zero-order valence-electron chi connectivity index (χ0n) is 7.26. The van der Waals surface area contributed by atoms with E-state index in [0.29, 0.717) is 0 Å². The van der Waals surface area contributed by atoms with Gasteiger partial charge in [0.05, 0.1) is 6.04 Å². The van der Waals surface area contributed by atoms with Crippen LogP contribution in [0, 0.1) is 0 Å². The molecule has 1 aromatic rings. The zero-order chi connectivity index (χ0) is 9.68. The Morgan fingerprint density at radius 3 is 2.38 bits per heavy atom. The fourth-order valence-electron chi connectivity index (χ4n) is 1.08. The average Bonchev–Trinajstić information content (AvgIpc) is 2.15. The molecule has 0 amide bonds. The Kier molecular flexibility index (Phi) is 4.52. The molecule has 0 fully saturated rings. The quantitative estimate of drug-likeness (QED) is 0.560. The van der Waals surface area contributed by atoms with Crippen molar-refractivity contribution in [2.75, 3.05) is 0 Å². The van der Waals surface area contributed by atoms with Gasteiger partial charge in [-0.15, -0.1) is 0 Å². The first-order valence-corrected chi connectivity index (χ1v) is 5.05. The van der Waals surface area contributed by atoms with Gasteiger partial charge in [-0.1, -0.05) is 49.1 Å². The fraction of sp³-hybridized carbons (Fsp3) is 0.222. The predicted molar refractivity (Wildman–Crippen MR) is 61.3 cm³/mol. The first-order valence-electron chi connectivity index (χ1n) is 4.02. The van der Waals surface area contributed by atoms with E-state index in [-0.39, 0.29) is 6.04 Å². The van der Waals surface area contributed by atoms with Gasteiger partial charge in [0, 0.05) is 0 Å². The van der Waals surface area contributed by atoms with Gasteiger partial charge < -0.3 is 4.79 Å². The molecule has 0 aliphatic carbocycles. The smallest absolute Gasteiger partial charge is 0.138 e. The van der Waals surface area contributed by atoms with E-state index in [4.69, 9.17) is 0 Å². The topological polar surface area (TPSA) is 20.3 Å². The SMILES string of the molecule is O=C[C@H](Cc1ccccc1)N(P)P. The lowest BCUT2D eigenvalue weighted by molar-refractivity contribution is -0.110. The summed E-state index contributed by atoms with van der Waals surface area (Å²) in [7, 11) is 4.96. The summed E-state index contributed by atoms with van der Waals surface area (Å²) in [6.45, 7) is 0. The van der Waals surface area contributed by atoms with Crippen LogP contribution in [0.5, 0.6) is 0 Å². The van der Waals surface area contributed by atoms with Crippen molar-refractivity contribution in [1.82, 2.24) is 4.44 Å². The van der Waals surface area contributed by atoms with Gasteiger partial charge in [0.2, 0.25) is 0 Å². The molecule has 70 valence electrons. The molecule has 1 aromatic carbocycles. The third kappa shape index (κ3) is 3.52. The van der Waals surface area contributed by atoms with E-state index < -0.39 is 0 Å². The number of aldehydes is 1. The van der Waals surface area contributed by atoms with E-state index in [0.717, 1.165) is 12.7 Å². The van der Waals surface area contributed by atoms with Gasteiger partial charge in [-0.25, -0.2) is 0 Å². The minimum absolute atomic E-state index is 0.0857. The van der Waals surface area contributed by atoms with Gasteiger partial charge in [0.15, 0.2) is 0 Å². The van der Waals surface area contributed by atoms with Crippen LogP contribution in [-0.2, 0) is 11.2 Å². The normalized spacial score (nSPS) is 12.8. The minimum Gasteiger partial charge on any atom is -0.302 e. The highest BCUT2D eigenvalue weighted by Gasteiger charge is 2.10. The number of carbonyl (C=O) groups is 1. The third-order valence-electron chi connectivity index (χ3n) is 1.83. The van der Waals surface area contributed by atoms with Crippen LogP contribution in [-0.4, -0.2) is 16.8 Å². The Balaban J connectivity index is 2.62. The summed E-state index contributed by atoms with van der Waals surface area (Å²) in [6.07, 6.45) is 1.70. The number of rotatable bonds is 4. The van der Waals surface area contributed by atoms with Crippen LogP contribution in [0.4, 0.5) is 0 Å². The lowest BCUT2D eigenvalue weighted by atomic mass is 10.1. The Hall–Kier alpha value is -0.290. The van der Waals surface area contributed by atoms with E-state index in [2.05, 4.69) is 18.8 Å². The first-order chi connectivity index (χ1) is 6.24. The molecule has 0 heterocycles. The second-order valence-corrected chi connectivity index (χ2v) is 4.63. The Morgan fingerprint density at radius 1 is 1.31 bits per heavy atom. The van der Waals surface area contributed by atoms with E-state index in [1.807, 2.05) is 30.3 Å². The highest BCUT2D eigenvalue weighted by molar-refractivity contribution is 7.31. The summed E-state index contributed by atoms with van der Waals surface area (Å²) in [5, 5.41) is 0. The highest BCUT2D eigenvalue weighted by Crippen LogP contribution is 2.15. The maximum atomic E-state index is 10.7. The predicted octanol–water partition coefficient (Wildman–Crippen LogP) is 1.68. The van der Waals surface area contributed by atoms with E-state index in [9.17, 15) is 4.79 Å². The molecule has 0 aromatic heterocycles. The van der Waals surface area contributed by atoms with Gasteiger partial charge in [-0.3, -0.25) is 4.44 Å². The van der Waals surface area contributed by atoms with Crippen molar-refractivity contribution >= 4 is 25.1 Å². The molecule has 1 rings (SSSR count). The van der Waals surface area contributed by atoms with E-state index >= 15 is 0 Å². The molecule has 3 atom stereocenters. The maximum absolute atomic E-state index is 10.7. The van der Waals surface area contributed by atoms with Gasteiger partial charge in [-0.2, -0.15) is 0 Å². The Bertz CT molecular complexity index is 264. The van der Waals surface area contributed by atoms with Crippen LogP contribution in [0.3, 0.4) is 0 Å². The van der Waals surface area contributed by atoms with Crippen LogP contribution in [0.25, 0.3) is 0 Å². The molecule has 0 saturated carbocycles. The van der Waals surface area contributed by atoms with Crippen molar-refractivity contribution in [2.24, 2.45) is 0 Å². The van der Waals surface area contributed by atoms with Crippen LogP contribution in [0.15, 0.2) is 30.3 Å². The largest absolute Gasteiger partial charge is 0.302 e. The van der Waals surface area contributed by atoms with Crippen molar-refractivity contribution in [3.05, 3.63) is 35.9 Å². The molecule has 13 heavy (non-hydrogen) atoms. The van der Waals surface area contributed by atoms with E-state index in [1.54, 1.807) is 4.44 Å². The molecule has 0 spiro atoms. The first kappa shape index (κ1) is 10.8. The van der Waals surface area contributed by atoms with Gasteiger partial charge in [-0.05, 0) is 12.0 Å². The monoisotopic (exact) mass is 213 g/mol. The second-order valence-electron chi connectivity index (χ2n) is 2.84. The second kappa shape index (κ2) is 5.44. The molecule has 0 N–H and O–H groups in total. The molecular formula is C9H13NOP2. The maximum Gasteiger partial charge on any atom is 0.138 e. The van der Waals surface area contributed by atoms with Crippen molar-refractivity contribution in [3.63, 3.8) is 0 Å². The van der Waals surface area contributed by atoms with Crippen molar-refractivity contribution in [1.29, 1.82) is 0 Å². The van der Waals surface area contributed by atoms with Crippen LogP contribution < -0.4 is 0 Å². The van der Waals surface area contributed by atoms with Crippen molar-refractivity contribution < 1.29 is 4.79 Å². The van der Waals surface area contributed by atoms with Crippen LogP contribution >= 0.6 is 18.8 Å². The molecule has 0 radical (unpaired) electrons. The molecular weight excluding hydrogens is 200 g/mol. The Labute approximate surface area is 83.2 Å². The standard InChI is InChI=1S/C9H13NOP2/c11-7-9(10(12)13)6-8-4-2-1-3-5-8/h1-5,7,9H,6,12-13H2/t9-/m0/s1. The minimum atomic E-state index is -0.0857. The molecule has 0 saturated heterocycles. The Morgan fingerprint density at radius 2 is 1.92 bits per heavy atom. The molecule has 0 aliphatic heterocycles. The lowest BCUT2D eigenvalue weighted by Gasteiger charge is -2.17. The summed E-state index contributed by atoms with van der Waals surface area (Å²) < 4.78 is 1.76.